The molecule has 2 aromatic carbocycles. The van der Waals surface area contributed by atoms with Gasteiger partial charge in [-0.15, -0.1) is 0 Å². The number of piperidine rings is 1. The van der Waals surface area contributed by atoms with E-state index in [1.807, 2.05) is 12.1 Å². The summed E-state index contributed by atoms with van der Waals surface area (Å²) in [6, 6.07) is 12.9. The minimum absolute atomic E-state index is 0.00680. The van der Waals surface area contributed by atoms with Gasteiger partial charge in [0.15, 0.2) is 0 Å². The molecule has 170 valence electrons. The number of likely N-dealkylation sites (tertiary alicyclic amines) is 2. The van der Waals surface area contributed by atoms with Crippen LogP contribution in [0.25, 0.3) is 11.1 Å². The van der Waals surface area contributed by atoms with Gasteiger partial charge < -0.3 is 9.80 Å². The molecule has 0 spiro atoms. The number of nitrogens with one attached hydrogen (secondary N) is 1. The Balaban J connectivity index is 1.42. The third-order valence-electron chi connectivity index (χ3n) is 5.96. The number of sulfonamides is 1. The van der Waals surface area contributed by atoms with Gasteiger partial charge in [-0.3, -0.25) is 9.59 Å². The number of carbonyl (C=O) groups is 2. The molecule has 0 radical (unpaired) electrons. The van der Waals surface area contributed by atoms with Crippen molar-refractivity contribution in [2.45, 2.75) is 36.6 Å². The molecule has 2 amide bonds. The summed E-state index contributed by atoms with van der Waals surface area (Å²) in [5.74, 6) is -0.415. The lowest BCUT2D eigenvalue weighted by Crippen LogP contribution is -2.54. The second-order valence-electron chi connectivity index (χ2n) is 8.20. The van der Waals surface area contributed by atoms with Crippen LogP contribution in [0.3, 0.4) is 0 Å². The third-order valence-corrected chi connectivity index (χ3v) is 7.69. The van der Waals surface area contributed by atoms with E-state index in [-0.39, 0.29) is 23.3 Å². The Bertz CT molecular complexity index is 1080. The lowest BCUT2D eigenvalue weighted by Gasteiger charge is -2.33. The predicted molar refractivity (Wildman–Crippen MR) is 123 cm³/mol. The third kappa shape index (κ3) is 5.14. The van der Waals surface area contributed by atoms with E-state index in [1.54, 1.807) is 29.2 Å². The van der Waals surface area contributed by atoms with Crippen molar-refractivity contribution in [3.63, 3.8) is 0 Å². The lowest BCUT2D eigenvalue weighted by atomic mass is 10.1. The molecule has 2 aromatic rings. The Morgan fingerprint density at radius 3 is 2.16 bits per heavy atom. The van der Waals surface area contributed by atoms with Crippen molar-refractivity contribution < 1.29 is 18.0 Å². The minimum Gasteiger partial charge on any atom is -0.341 e. The van der Waals surface area contributed by atoms with Crippen LogP contribution in [-0.2, 0) is 19.6 Å². The first-order chi connectivity index (χ1) is 15.3. The van der Waals surface area contributed by atoms with E-state index in [0.717, 1.165) is 37.1 Å². The van der Waals surface area contributed by atoms with Gasteiger partial charge in [-0.25, -0.2) is 8.42 Å². The molecule has 32 heavy (non-hydrogen) atoms. The summed E-state index contributed by atoms with van der Waals surface area (Å²) in [6.45, 7) is 1.92. The van der Waals surface area contributed by atoms with Crippen LogP contribution >= 0.6 is 11.6 Å². The van der Waals surface area contributed by atoms with Crippen molar-refractivity contribution in [2.24, 2.45) is 0 Å². The average Bonchev–Trinajstić information content (AvgIpc) is 3.32. The average molecular weight is 476 g/mol. The van der Waals surface area contributed by atoms with E-state index in [2.05, 4.69) is 4.72 Å². The van der Waals surface area contributed by atoms with Gasteiger partial charge >= 0.3 is 0 Å². The monoisotopic (exact) mass is 475 g/mol. The van der Waals surface area contributed by atoms with Gasteiger partial charge in [-0.1, -0.05) is 35.9 Å². The lowest BCUT2D eigenvalue weighted by molar-refractivity contribution is -0.142. The molecule has 0 aromatic heterocycles. The quantitative estimate of drug-likeness (QED) is 0.696. The van der Waals surface area contributed by atoms with E-state index in [9.17, 15) is 18.0 Å². The molecule has 0 saturated carbocycles. The van der Waals surface area contributed by atoms with E-state index >= 15 is 0 Å². The SMILES string of the molecule is O=C(CN1CCC[C@H](NS(=O)(=O)c2ccc(-c3ccc(Cl)cc3)cc2)C1=O)N1CCCC1. The Hall–Kier alpha value is -2.42. The summed E-state index contributed by atoms with van der Waals surface area (Å²) < 4.78 is 28.3. The molecule has 2 heterocycles. The van der Waals surface area contributed by atoms with Gasteiger partial charge in [0.2, 0.25) is 21.8 Å². The summed E-state index contributed by atoms with van der Waals surface area (Å²) in [5, 5.41) is 0.630. The highest BCUT2D eigenvalue weighted by atomic mass is 35.5. The summed E-state index contributed by atoms with van der Waals surface area (Å²) >= 11 is 5.92. The number of amides is 2. The molecular weight excluding hydrogens is 450 g/mol. The molecular formula is C23H26ClN3O4S. The number of hydrogen-bond donors (Lipinski definition) is 1. The number of halogens is 1. The van der Waals surface area contributed by atoms with Crippen LogP contribution in [0.1, 0.15) is 25.7 Å². The fourth-order valence-electron chi connectivity index (χ4n) is 4.16. The maximum Gasteiger partial charge on any atom is 0.242 e. The van der Waals surface area contributed by atoms with Crippen molar-refractivity contribution in [1.29, 1.82) is 0 Å². The van der Waals surface area contributed by atoms with E-state index < -0.39 is 16.1 Å². The highest BCUT2D eigenvalue weighted by molar-refractivity contribution is 7.89. The molecule has 0 aliphatic carbocycles. The van der Waals surface area contributed by atoms with Crippen LogP contribution in [-0.4, -0.2) is 62.3 Å². The maximum absolute atomic E-state index is 12.9. The van der Waals surface area contributed by atoms with Gasteiger partial charge in [-0.2, -0.15) is 4.72 Å². The van der Waals surface area contributed by atoms with Gasteiger partial charge in [0.1, 0.15) is 6.04 Å². The number of rotatable bonds is 6. The second kappa shape index (κ2) is 9.60. The van der Waals surface area contributed by atoms with Crippen LogP contribution < -0.4 is 4.72 Å². The zero-order chi connectivity index (χ0) is 22.7. The minimum atomic E-state index is -3.88. The van der Waals surface area contributed by atoms with Crippen LogP contribution in [0.5, 0.6) is 0 Å². The van der Waals surface area contributed by atoms with Crippen molar-refractivity contribution in [3.8, 4) is 11.1 Å². The van der Waals surface area contributed by atoms with Crippen LogP contribution in [0.15, 0.2) is 53.4 Å². The molecule has 2 aliphatic rings. The number of carbonyl (C=O) groups excluding carboxylic acids is 2. The van der Waals surface area contributed by atoms with Crippen molar-refractivity contribution in [2.75, 3.05) is 26.2 Å². The molecule has 1 atom stereocenters. The van der Waals surface area contributed by atoms with Crippen LogP contribution in [0.2, 0.25) is 5.02 Å². The van der Waals surface area contributed by atoms with Gasteiger partial charge in [0.05, 0.1) is 11.4 Å². The maximum atomic E-state index is 12.9. The molecule has 2 saturated heterocycles. The smallest absolute Gasteiger partial charge is 0.242 e. The summed E-state index contributed by atoms with van der Waals surface area (Å²) in [5.41, 5.74) is 1.79. The number of benzene rings is 2. The van der Waals surface area contributed by atoms with Crippen molar-refractivity contribution in [1.82, 2.24) is 14.5 Å². The molecule has 2 aliphatic heterocycles. The number of nitrogens with zero attached hydrogens (tertiary/aromatic N) is 2. The molecule has 7 nitrogen and oxygen atoms in total. The Morgan fingerprint density at radius 2 is 1.53 bits per heavy atom. The van der Waals surface area contributed by atoms with Gasteiger partial charge in [0, 0.05) is 24.7 Å². The van der Waals surface area contributed by atoms with Crippen molar-refractivity contribution >= 4 is 33.4 Å². The van der Waals surface area contributed by atoms with E-state index in [0.29, 0.717) is 24.4 Å². The Morgan fingerprint density at radius 1 is 0.938 bits per heavy atom. The second-order valence-corrected chi connectivity index (χ2v) is 10.3. The normalized spacial score (nSPS) is 19.4. The fraction of sp³-hybridized carbons (Fsp3) is 0.391. The van der Waals surface area contributed by atoms with Crippen LogP contribution in [0.4, 0.5) is 0 Å². The van der Waals surface area contributed by atoms with Gasteiger partial charge in [-0.05, 0) is 61.1 Å². The summed E-state index contributed by atoms with van der Waals surface area (Å²) in [7, 11) is -3.88. The molecule has 4 rings (SSSR count). The zero-order valence-corrected chi connectivity index (χ0v) is 19.2. The summed E-state index contributed by atoms with van der Waals surface area (Å²) in [6.07, 6.45) is 3.02. The predicted octanol–water partition coefficient (Wildman–Crippen LogP) is 2.90. The summed E-state index contributed by atoms with van der Waals surface area (Å²) in [4.78, 5) is 28.6. The molecule has 2 fully saturated rings. The fourth-order valence-corrected chi connectivity index (χ4v) is 5.51. The van der Waals surface area contributed by atoms with Crippen molar-refractivity contribution in [3.05, 3.63) is 53.6 Å². The first kappa shape index (κ1) is 22.8. The largest absolute Gasteiger partial charge is 0.341 e. The van der Waals surface area contributed by atoms with Gasteiger partial charge in [0.25, 0.3) is 0 Å². The molecule has 1 N–H and O–H groups in total. The first-order valence-corrected chi connectivity index (χ1v) is 12.6. The Labute approximate surface area is 193 Å². The first-order valence-electron chi connectivity index (χ1n) is 10.8. The molecule has 9 heteroatoms. The standard InChI is InChI=1S/C23H26ClN3O4S/c24-19-9-5-17(6-10-19)18-7-11-20(12-8-18)32(30,31)25-21-4-3-15-27(23(21)29)16-22(28)26-13-1-2-14-26/h5-12,21,25H,1-4,13-16H2/t21-/m0/s1. The zero-order valence-electron chi connectivity index (χ0n) is 17.7. The topological polar surface area (TPSA) is 86.8 Å². The van der Waals surface area contributed by atoms with E-state index in [1.165, 1.54) is 17.0 Å². The van der Waals surface area contributed by atoms with Crippen LogP contribution in [0, 0.1) is 0 Å². The highest BCUT2D eigenvalue weighted by Crippen LogP contribution is 2.24. The van der Waals surface area contributed by atoms with E-state index in [4.69, 9.17) is 11.6 Å². The number of hydrogen-bond acceptors (Lipinski definition) is 4. The highest BCUT2D eigenvalue weighted by Gasteiger charge is 2.34. The molecule has 0 bridgehead atoms. The Kier molecular flexibility index (Phi) is 6.83. The molecule has 0 unspecified atom stereocenters.